The maximum absolute atomic E-state index is 12.3. The molecular formula is C21H18BrNO4. The van der Waals surface area contributed by atoms with Gasteiger partial charge in [-0.05, 0) is 41.7 Å². The summed E-state index contributed by atoms with van der Waals surface area (Å²) >= 11 is 3.70. The summed E-state index contributed by atoms with van der Waals surface area (Å²) in [5, 5.41) is 3.63. The summed E-state index contributed by atoms with van der Waals surface area (Å²) in [6, 6.07) is 9.85. The van der Waals surface area contributed by atoms with Crippen LogP contribution in [0.25, 0.3) is 0 Å². The van der Waals surface area contributed by atoms with E-state index in [0.29, 0.717) is 11.5 Å². The van der Waals surface area contributed by atoms with Crippen LogP contribution in [-0.2, 0) is 4.74 Å². The van der Waals surface area contributed by atoms with Crippen LogP contribution in [0.5, 0.6) is 11.5 Å². The zero-order valence-electron chi connectivity index (χ0n) is 14.7. The quantitative estimate of drug-likeness (QED) is 0.551. The van der Waals surface area contributed by atoms with E-state index in [0.717, 1.165) is 39.2 Å². The summed E-state index contributed by atoms with van der Waals surface area (Å²) in [4.78, 5) is 12.3. The summed E-state index contributed by atoms with van der Waals surface area (Å²) in [5.41, 5.74) is 3.66. The van der Waals surface area contributed by atoms with E-state index in [1.807, 2.05) is 24.3 Å². The molecule has 0 unspecified atom stereocenters. The van der Waals surface area contributed by atoms with Crippen LogP contribution in [0.1, 0.15) is 39.9 Å². The Morgan fingerprint density at radius 1 is 1.22 bits per heavy atom. The monoisotopic (exact) mass is 427 g/mol. The number of hydrogen-bond acceptors (Lipinski definition) is 5. The maximum atomic E-state index is 12.3. The lowest BCUT2D eigenvalue weighted by atomic mass is 9.76. The minimum absolute atomic E-state index is 0.0344. The minimum atomic E-state index is -0.330. The van der Waals surface area contributed by atoms with Crippen LogP contribution in [0.4, 0.5) is 5.69 Å². The third-order valence-corrected chi connectivity index (χ3v) is 6.32. The zero-order chi connectivity index (χ0) is 18.5. The molecule has 0 spiro atoms. The zero-order valence-corrected chi connectivity index (χ0v) is 16.3. The first-order valence-electron chi connectivity index (χ1n) is 8.91. The number of carbonyl (C=O) groups excluding carboxylic acids is 1. The average Bonchev–Trinajstić information content (AvgIpc) is 3.34. The van der Waals surface area contributed by atoms with Crippen LogP contribution in [-0.4, -0.2) is 19.9 Å². The smallest absolute Gasteiger partial charge is 0.339 e. The van der Waals surface area contributed by atoms with Gasteiger partial charge in [0.25, 0.3) is 0 Å². The lowest BCUT2D eigenvalue weighted by molar-refractivity contribution is 0.0601. The van der Waals surface area contributed by atoms with Gasteiger partial charge in [-0.3, -0.25) is 0 Å². The van der Waals surface area contributed by atoms with Crippen molar-refractivity contribution in [2.24, 2.45) is 5.92 Å². The van der Waals surface area contributed by atoms with Gasteiger partial charge >= 0.3 is 5.97 Å². The third-order valence-electron chi connectivity index (χ3n) is 5.63. The minimum Gasteiger partial charge on any atom is -0.465 e. The Balaban J connectivity index is 1.64. The van der Waals surface area contributed by atoms with Crippen molar-refractivity contribution < 1.29 is 19.0 Å². The van der Waals surface area contributed by atoms with Crippen molar-refractivity contribution in [1.29, 1.82) is 0 Å². The molecule has 3 aliphatic rings. The molecule has 0 fully saturated rings. The van der Waals surface area contributed by atoms with E-state index in [4.69, 9.17) is 14.2 Å². The van der Waals surface area contributed by atoms with Crippen LogP contribution in [0.2, 0.25) is 0 Å². The van der Waals surface area contributed by atoms with E-state index < -0.39 is 0 Å². The highest BCUT2D eigenvalue weighted by molar-refractivity contribution is 9.10. The Morgan fingerprint density at radius 3 is 2.85 bits per heavy atom. The molecule has 2 aliphatic heterocycles. The van der Waals surface area contributed by atoms with Crippen molar-refractivity contribution in [2.75, 3.05) is 19.2 Å². The molecule has 2 aromatic rings. The third kappa shape index (κ3) is 2.54. The molecule has 2 aromatic carbocycles. The molecule has 2 heterocycles. The number of para-hydroxylation sites is 1. The van der Waals surface area contributed by atoms with E-state index in [-0.39, 0.29) is 24.7 Å². The largest absolute Gasteiger partial charge is 0.465 e. The van der Waals surface area contributed by atoms with Gasteiger partial charge in [-0.1, -0.05) is 40.2 Å². The Hall–Kier alpha value is -2.47. The number of methoxy groups -OCH3 is 1. The fourth-order valence-corrected chi connectivity index (χ4v) is 4.95. The van der Waals surface area contributed by atoms with E-state index in [1.165, 1.54) is 7.11 Å². The Bertz CT molecular complexity index is 971. The molecule has 138 valence electrons. The average molecular weight is 428 g/mol. The van der Waals surface area contributed by atoms with Gasteiger partial charge in [0.15, 0.2) is 11.5 Å². The fraction of sp³-hybridized carbons (Fsp3) is 0.286. The van der Waals surface area contributed by atoms with Crippen molar-refractivity contribution in [3.8, 4) is 11.5 Å². The molecule has 0 saturated heterocycles. The number of nitrogens with one attached hydrogen (secondary N) is 1. The number of fused-ring (bicyclic) bond motifs is 4. The van der Waals surface area contributed by atoms with Gasteiger partial charge in [-0.2, -0.15) is 0 Å². The first kappa shape index (κ1) is 16.7. The predicted molar refractivity (Wildman–Crippen MR) is 104 cm³/mol. The van der Waals surface area contributed by atoms with Crippen LogP contribution >= 0.6 is 15.9 Å². The Labute approximate surface area is 165 Å². The lowest BCUT2D eigenvalue weighted by Gasteiger charge is -2.38. The van der Waals surface area contributed by atoms with Crippen molar-refractivity contribution in [3.05, 3.63) is 63.6 Å². The fourth-order valence-electron chi connectivity index (χ4n) is 4.38. The number of allylic oxidation sites excluding steroid dienone is 2. The van der Waals surface area contributed by atoms with Crippen molar-refractivity contribution in [1.82, 2.24) is 0 Å². The van der Waals surface area contributed by atoms with E-state index >= 15 is 0 Å². The topological polar surface area (TPSA) is 56.8 Å². The molecule has 0 saturated carbocycles. The van der Waals surface area contributed by atoms with E-state index in [2.05, 4.69) is 39.5 Å². The molecule has 3 atom stereocenters. The van der Waals surface area contributed by atoms with Gasteiger partial charge in [-0.15, -0.1) is 0 Å². The van der Waals surface area contributed by atoms with E-state index in [1.54, 1.807) is 0 Å². The molecule has 5 rings (SSSR count). The van der Waals surface area contributed by atoms with Gasteiger partial charge in [0.2, 0.25) is 6.79 Å². The molecule has 6 heteroatoms. The number of rotatable bonds is 2. The Kier molecular flexibility index (Phi) is 3.90. The molecule has 1 N–H and O–H groups in total. The van der Waals surface area contributed by atoms with Crippen molar-refractivity contribution in [3.63, 3.8) is 0 Å². The number of benzene rings is 2. The molecule has 0 radical (unpaired) electrons. The number of esters is 1. The van der Waals surface area contributed by atoms with Gasteiger partial charge < -0.3 is 19.5 Å². The molecule has 1 aliphatic carbocycles. The van der Waals surface area contributed by atoms with Gasteiger partial charge in [0, 0.05) is 10.4 Å². The van der Waals surface area contributed by atoms with Gasteiger partial charge in [-0.25, -0.2) is 4.79 Å². The van der Waals surface area contributed by atoms with Gasteiger partial charge in [0.05, 0.1) is 24.4 Å². The summed E-state index contributed by atoms with van der Waals surface area (Å²) in [5.74, 6) is 1.79. The first-order valence-corrected chi connectivity index (χ1v) is 9.70. The highest BCUT2D eigenvalue weighted by atomic mass is 79.9. The molecule has 0 aromatic heterocycles. The summed E-state index contributed by atoms with van der Waals surface area (Å²) in [7, 11) is 1.41. The molecular weight excluding hydrogens is 410 g/mol. The lowest BCUT2D eigenvalue weighted by Crippen LogP contribution is -2.30. The van der Waals surface area contributed by atoms with Crippen LogP contribution in [0, 0.1) is 5.92 Å². The van der Waals surface area contributed by atoms with Crippen LogP contribution in [0.15, 0.2) is 47.0 Å². The molecule has 0 bridgehead atoms. The Morgan fingerprint density at radius 2 is 2.04 bits per heavy atom. The highest BCUT2D eigenvalue weighted by Crippen LogP contribution is 2.53. The van der Waals surface area contributed by atoms with Crippen molar-refractivity contribution in [2.45, 2.75) is 18.4 Å². The second-order valence-corrected chi connectivity index (χ2v) is 7.82. The predicted octanol–water partition coefficient (Wildman–Crippen LogP) is 4.79. The number of anilines is 1. The number of ether oxygens (including phenoxy) is 3. The molecule has 5 nitrogen and oxygen atoms in total. The standard InChI is InChI=1S/C21H18BrNO4/c1-25-21(24)14-7-3-6-12-11-4-2-5-13(11)20(23-19(12)14)15-8-17-18(9-16(15)22)27-10-26-17/h2-4,6-9,11,13,20,23H,5,10H2,1H3/t11-,13-,20+/m1/s1. The molecule has 0 amide bonds. The summed E-state index contributed by atoms with van der Waals surface area (Å²) in [6.07, 6.45) is 5.45. The summed E-state index contributed by atoms with van der Waals surface area (Å²) < 4.78 is 17.0. The van der Waals surface area contributed by atoms with E-state index in [9.17, 15) is 4.79 Å². The highest BCUT2D eigenvalue weighted by Gasteiger charge is 2.40. The number of carbonyl (C=O) groups is 1. The first-order chi connectivity index (χ1) is 13.2. The molecule has 27 heavy (non-hydrogen) atoms. The number of hydrogen-bond donors (Lipinski definition) is 1. The van der Waals surface area contributed by atoms with Crippen LogP contribution < -0.4 is 14.8 Å². The van der Waals surface area contributed by atoms with Gasteiger partial charge in [0.1, 0.15) is 0 Å². The SMILES string of the molecule is COC(=O)c1cccc2c1N[C@H](c1cc3c(cc1Br)OCO3)[C@@H]1CC=C[C@H]21. The second-order valence-electron chi connectivity index (χ2n) is 6.96. The maximum Gasteiger partial charge on any atom is 0.339 e. The van der Waals surface area contributed by atoms with Crippen molar-refractivity contribution >= 4 is 27.6 Å². The normalized spacial score (nSPS) is 24.1. The van der Waals surface area contributed by atoms with Crippen LogP contribution in [0.3, 0.4) is 0 Å². The second kappa shape index (κ2) is 6.30. The summed E-state index contributed by atoms with van der Waals surface area (Å²) in [6.45, 7) is 0.242. The number of halogens is 1.